The number of benzene rings is 1. The Hall–Kier alpha value is -1.69. The Kier molecular flexibility index (Phi) is 6.51. The van der Waals surface area contributed by atoms with Gasteiger partial charge < -0.3 is 14.9 Å². The smallest absolute Gasteiger partial charge is 0.330 e. The van der Waals surface area contributed by atoms with Crippen molar-refractivity contribution in [3.8, 4) is 0 Å². The van der Waals surface area contributed by atoms with Gasteiger partial charge in [0.25, 0.3) is 0 Å². The lowest BCUT2D eigenvalue weighted by atomic mass is 9.67. The van der Waals surface area contributed by atoms with Gasteiger partial charge in [0.2, 0.25) is 0 Å². The van der Waals surface area contributed by atoms with E-state index in [2.05, 4.69) is 39.2 Å². The van der Waals surface area contributed by atoms with E-state index < -0.39 is 23.7 Å². The molecular weight excluding hydrogens is 342 g/mol. The Morgan fingerprint density at radius 3 is 2.59 bits per heavy atom. The number of carbonyl (C=O) groups is 1. The number of nitrogens with zero attached hydrogens (tertiary/aromatic N) is 1. The summed E-state index contributed by atoms with van der Waals surface area (Å²) in [7, 11) is 0. The molecule has 0 bridgehead atoms. The topological polar surface area (TPSA) is 70.0 Å². The summed E-state index contributed by atoms with van der Waals surface area (Å²) in [6.45, 7) is 14.3. The zero-order valence-electron chi connectivity index (χ0n) is 17.1. The van der Waals surface area contributed by atoms with E-state index in [1.165, 1.54) is 0 Å². The van der Waals surface area contributed by atoms with Crippen molar-refractivity contribution in [2.45, 2.75) is 70.2 Å². The molecule has 5 heteroatoms. The molecule has 0 aliphatic carbocycles. The Labute approximate surface area is 162 Å². The Morgan fingerprint density at radius 2 is 2.00 bits per heavy atom. The van der Waals surface area contributed by atoms with Crippen LogP contribution in [0, 0.1) is 0 Å². The highest BCUT2D eigenvalue weighted by atomic mass is 16.5. The van der Waals surface area contributed by atoms with Crippen LogP contribution in [0.25, 0.3) is 0 Å². The summed E-state index contributed by atoms with van der Waals surface area (Å²) in [6, 6.07) is 7.79. The van der Waals surface area contributed by atoms with E-state index >= 15 is 0 Å². The van der Waals surface area contributed by atoms with Crippen LogP contribution in [0.15, 0.2) is 36.9 Å². The van der Waals surface area contributed by atoms with Crippen LogP contribution in [0.3, 0.4) is 0 Å². The van der Waals surface area contributed by atoms with E-state index in [1.54, 1.807) is 0 Å². The molecule has 1 aromatic rings. The predicted octanol–water partition coefficient (Wildman–Crippen LogP) is 3.18. The maximum Gasteiger partial charge on any atom is 0.330 e. The molecule has 1 heterocycles. The summed E-state index contributed by atoms with van der Waals surface area (Å²) in [6.07, 6.45) is 0.754. The predicted molar refractivity (Wildman–Crippen MR) is 106 cm³/mol. The van der Waals surface area contributed by atoms with Crippen molar-refractivity contribution in [1.82, 2.24) is 4.90 Å². The van der Waals surface area contributed by atoms with Gasteiger partial charge in [-0.25, -0.2) is 4.79 Å². The van der Waals surface area contributed by atoms with Gasteiger partial charge in [-0.05, 0) is 52.2 Å². The molecule has 3 atom stereocenters. The third-order valence-corrected chi connectivity index (χ3v) is 5.83. The number of hydrogen-bond donors (Lipinski definition) is 2. The van der Waals surface area contributed by atoms with E-state index in [0.29, 0.717) is 13.0 Å². The molecule has 27 heavy (non-hydrogen) atoms. The molecule has 0 saturated carbocycles. The van der Waals surface area contributed by atoms with Crippen LogP contribution >= 0.6 is 0 Å². The molecular formula is C22H33NO4. The first-order valence-electron chi connectivity index (χ1n) is 9.54. The molecule has 1 aliphatic heterocycles. The molecule has 1 aromatic carbocycles. The SMILES string of the molecule is C=CC(=O)OC(C)c1ccccc1C1C(O)CC(C)(C)N(CCO)C1(C)C. The number of rotatable bonds is 6. The zero-order chi connectivity index (χ0) is 20.4. The molecule has 0 spiro atoms. The van der Waals surface area contributed by atoms with Crippen LogP contribution in [-0.2, 0) is 9.53 Å². The number of aliphatic hydroxyl groups excluding tert-OH is 2. The van der Waals surface area contributed by atoms with Gasteiger partial charge in [-0.3, -0.25) is 4.90 Å². The fourth-order valence-corrected chi connectivity index (χ4v) is 4.89. The van der Waals surface area contributed by atoms with E-state index in [1.807, 2.05) is 31.2 Å². The van der Waals surface area contributed by atoms with Crippen LogP contribution < -0.4 is 0 Å². The number of esters is 1. The van der Waals surface area contributed by atoms with Crippen molar-refractivity contribution in [3.05, 3.63) is 48.0 Å². The minimum absolute atomic E-state index is 0.0602. The number of carbonyl (C=O) groups excluding carboxylic acids is 1. The lowest BCUT2D eigenvalue weighted by Crippen LogP contribution is -2.66. The second-order valence-electron chi connectivity index (χ2n) is 8.50. The van der Waals surface area contributed by atoms with Gasteiger partial charge in [0, 0.05) is 29.6 Å². The Morgan fingerprint density at radius 1 is 1.37 bits per heavy atom. The maximum absolute atomic E-state index is 11.7. The van der Waals surface area contributed by atoms with Gasteiger partial charge in [0.15, 0.2) is 0 Å². The molecule has 0 amide bonds. The second-order valence-corrected chi connectivity index (χ2v) is 8.50. The number of piperidine rings is 1. The summed E-state index contributed by atoms with van der Waals surface area (Å²) in [4.78, 5) is 13.9. The fraction of sp³-hybridized carbons (Fsp3) is 0.591. The molecule has 3 unspecified atom stereocenters. The standard InChI is InChI=1S/C22H33NO4/c1-7-19(26)27-15(2)16-10-8-9-11-17(16)20-18(25)14-21(3,4)23(12-13-24)22(20,5)6/h7-11,15,18,20,24-25H,1,12-14H2,2-6H3. The average Bonchev–Trinajstić information content (AvgIpc) is 2.58. The quantitative estimate of drug-likeness (QED) is 0.590. The van der Waals surface area contributed by atoms with Gasteiger partial charge in [-0.1, -0.05) is 30.8 Å². The zero-order valence-corrected chi connectivity index (χ0v) is 17.1. The Bertz CT molecular complexity index is 683. The molecule has 2 rings (SSSR count). The summed E-state index contributed by atoms with van der Waals surface area (Å²) in [5.74, 6) is -0.651. The summed E-state index contributed by atoms with van der Waals surface area (Å²) >= 11 is 0. The van der Waals surface area contributed by atoms with Gasteiger partial charge in [0.1, 0.15) is 6.10 Å². The summed E-state index contributed by atoms with van der Waals surface area (Å²) < 4.78 is 5.44. The van der Waals surface area contributed by atoms with Crippen molar-refractivity contribution in [3.63, 3.8) is 0 Å². The largest absolute Gasteiger partial charge is 0.455 e. The number of aliphatic hydroxyl groups is 2. The van der Waals surface area contributed by atoms with E-state index in [-0.39, 0.29) is 18.1 Å². The van der Waals surface area contributed by atoms with Crippen molar-refractivity contribution in [2.24, 2.45) is 0 Å². The molecule has 1 fully saturated rings. The van der Waals surface area contributed by atoms with E-state index in [4.69, 9.17) is 4.74 Å². The van der Waals surface area contributed by atoms with Crippen molar-refractivity contribution >= 4 is 5.97 Å². The van der Waals surface area contributed by atoms with Crippen molar-refractivity contribution in [1.29, 1.82) is 0 Å². The first-order chi connectivity index (χ1) is 12.6. The molecule has 1 saturated heterocycles. The summed E-state index contributed by atoms with van der Waals surface area (Å²) in [5, 5.41) is 20.7. The fourth-order valence-electron chi connectivity index (χ4n) is 4.89. The molecule has 1 aliphatic rings. The highest BCUT2D eigenvalue weighted by Gasteiger charge is 2.52. The third kappa shape index (κ3) is 4.26. The first-order valence-corrected chi connectivity index (χ1v) is 9.54. The van der Waals surface area contributed by atoms with Gasteiger partial charge in [0.05, 0.1) is 12.7 Å². The number of ether oxygens (including phenoxy) is 1. The molecule has 150 valence electrons. The average molecular weight is 376 g/mol. The lowest BCUT2D eigenvalue weighted by molar-refractivity contribution is -0.142. The van der Waals surface area contributed by atoms with Crippen LogP contribution in [-0.4, -0.2) is 51.4 Å². The monoisotopic (exact) mass is 375 g/mol. The van der Waals surface area contributed by atoms with Gasteiger partial charge in [-0.2, -0.15) is 0 Å². The molecule has 5 nitrogen and oxygen atoms in total. The van der Waals surface area contributed by atoms with E-state index in [0.717, 1.165) is 17.2 Å². The van der Waals surface area contributed by atoms with Crippen LogP contribution in [0.5, 0.6) is 0 Å². The number of likely N-dealkylation sites (tertiary alicyclic amines) is 1. The number of β-amino-alcohol motifs (C(OH)–C–C–N with tert-alkyl or cyclic N) is 1. The van der Waals surface area contributed by atoms with Crippen molar-refractivity contribution in [2.75, 3.05) is 13.2 Å². The van der Waals surface area contributed by atoms with Gasteiger partial charge >= 0.3 is 5.97 Å². The highest BCUT2D eigenvalue weighted by Crippen LogP contribution is 2.48. The lowest BCUT2D eigenvalue weighted by Gasteiger charge is -2.58. The third-order valence-electron chi connectivity index (χ3n) is 5.83. The highest BCUT2D eigenvalue weighted by molar-refractivity contribution is 5.81. The first kappa shape index (κ1) is 21.6. The molecule has 2 N–H and O–H groups in total. The maximum atomic E-state index is 11.7. The van der Waals surface area contributed by atoms with Crippen LogP contribution in [0.2, 0.25) is 0 Å². The normalized spacial score (nSPS) is 25.6. The summed E-state index contributed by atoms with van der Waals surface area (Å²) in [5.41, 5.74) is 1.21. The van der Waals surface area contributed by atoms with E-state index in [9.17, 15) is 15.0 Å². The van der Waals surface area contributed by atoms with Crippen LogP contribution in [0.1, 0.15) is 64.2 Å². The minimum atomic E-state index is -0.548. The van der Waals surface area contributed by atoms with Gasteiger partial charge in [-0.15, -0.1) is 0 Å². The van der Waals surface area contributed by atoms with Crippen LogP contribution in [0.4, 0.5) is 0 Å². The Balaban J connectivity index is 2.50. The molecule has 0 aromatic heterocycles. The second kappa shape index (κ2) is 8.13. The number of hydrogen-bond acceptors (Lipinski definition) is 5. The minimum Gasteiger partial charge on any atom is -0.455 e. The molecule has 0 radical (unpaired) electrons. The van der Waals surface area contributed by atoms with Crippen molar-refractivity contribution < 1.29 is 19.7 Å².